The van der Waals surface area contributed by atoms with Crippen LogP contribution in [-0.2, 0) is 4.79 Å². The molecule has 21 heavy (non-hydrogen) atoms. The van der Waals surface area contributed by atoms with Crippen LogP contribution in [0, 0.1) is 0 Å². The van der Waals surface area contributed by atoms with E-state index in [4.69, 9.17) is 4.52 Å². The van der Waals surface area contributed by atoms with E-state index in [1.54, 1.807) is 28.6 Å². The standard InChI is InChI=1S/C13H11N5O2S/c19-11-4-8(7-18(11)9-5-14-15-6-9)13-16-12(17-20-13)10-2-1-3-21-10/h1-3,5-6,8H,4,7H2,(H,14,15). The Kier molecular flexibility index (Phi) is 2.81. The number of rotatable bonds is 3. The monoisotopic (exact) mass is 301 g/mol. The lowest BCUT2D eigenvalue weighted by Gasteiger charge is -2.12. The van der Waals surface area contributed by atoms with Crippen molar-refractivity contribution >= 4 is 22.9 Å². The second kappa shape index (κ2) is 4.81. The van der Waals surface area contributed by atoms with E-state index >= 15 is 0 Å². The Bertz CT molecular complexity index is 749. The first kappa shape index (κ1) is 12.3. The first-order valence-corrected chi connectivity index (χ1v) is 7.36. The molecule has 0 saturated carbocycles. The molecule has 1 unspecified atom stereocenters. The Balaban J connectivity index is 1.57. The maximum atomic E-state index is 12.1. The first-order chi connectivity index (χ1) is 10.3. The van der Waals surface area contributed by atoms with Gasteiger partial charge in [-0.05, 0) is 11.4 Å². The number of nitrogens with one attached hydrogen (secondary N) is 1. The lowest BCUT2D eigenvalue weighted by Crippen LogP contribution is -2.23. The van der Waals surface area contributed by atoms with Gasteiger partial charge in [0.25, 0.3) is 0 Å². The third-order valence-electron chi connectivity index (χ3n) is 3.45. The normalized spacial score (nSPS) is 18.6. The van der Waals surface area contributed by atoms with Crippen molar-refractivity contribution in [1.29, 1.82) is 0 Å². The molecular weight excluding hydrogens is 290 g/mol. The van der Waals surface area contributed by atoms with Crippen molar-refractivity contribution in [2.45, 2.75) is 12.3 Å². The summed E-state index contributed by atoms with van der Waals surface area (Å²) in [6.45, 7) is 0.532. The summed E-state index contributed by atoms with van der Waals surface area (Å²) in [6.07, 6.45) is 3.70. The molecule has 1 amide bonds. The van der Waals surface area contributed by atoms with Crippen molar-refractivity contribution in [3.05, 3.63) is 35.8 Å². The van der Waals surface area contributed by atoms with Gasteiger partial charge >= 0.3 is 0 Å². The minimum absolute atomic E-state index is 0.0391. The third kappa shape index (κ3) is 2.13. The van der Waals surface area contributed by atoms with Gasteiger partial charge < -0.3 is 9.42 Å². The molecule has 7 nitrogen and oxygen atoms in total. The van der Waals surface area contributed by atoms with E-state index in [1.807, 2.05) is 17.5 Å². The molecule has 1 aliphatic rings. The van der Waals surface area contributed by atoms with E-state index in [-0.39, 0.29) is 11.8 Å². The Morgan fingerprint density at radius 3 is 3.19 bits per heavy atom. The molecule has 0 aliphatic carbocycles. The smallest absolute Gasteiger partial charge is 0.232 e. The van der Waals surface area contributed by atoms with Crippen LogP contribution in [0.4, 0.5) is 5.69 Å². The summed E-state index contributed by atoms with van der Waals surface area (Å²) in [4.78, 5) is 19.1. The molecule has 1 N–H and O–H groups in total. The maximum absolute atomic E-state index is 12.1. The average Bonchev–Trinajstić information content (AvgIpc) is 3.26. The highest BCUT2D eigenvalue weighted by Crippen LogP contribution is 2.32. The molecule has 3 aromatic rings. The van der Waals surface area contributed by atoms with Crippen LogP contribution < -0.4 is 4.90 Å². The lowest BCUT2D eigenvalue weighted by molar-refractivity contribution is -0.117. The van der Waals surface area contributed by atoms with Gasteiger partial charge in [0, 0.05) is 19.2 Å². The van der Waals surface area contributed by atoms with Crippen LogP contribution in [0.1, 0.15) is 18.2 Å². The summed E-state index contributed by atoms with van der Waals surface area (Å²) in [5.74, 6) is 1.05. The van der Waals surface area contributed by atoms with Crippen molar-refractivity contribution in [3.8, 4) is 10.7 Å². The van der Waals surface area contributed by atoms with Crippen LogP contribution >= 0.6 is 11.3 Å². The lowest BCUT2D eigenvalue weighted by atomic mass is 10.1. The summed E-state index contributed by atoms with van der Waals surface area (Å²) in [6, 6.07) is 3.88. The van der Waals surface area contributed by atoms with Crippen LogP contribution in [0.15, 0.2) is 34.4 Å². The predicted molar refractivity (Wildman–Crippen MR) is 75.9 cm³/mol. The molecule has 0 bridgehead atoms. The van der Waals surface area contributed by atoms with Gasteiger partial charge in [0.1, 0.15) is 0 Å². The highest BCUT2D eigenvalue weighted by atomic mass is 32.1. The number of carbonyl (C=O) groups is 1. The maximum Gasteiger partial charge on any atom is 0.232 e. The van der Waals surface area contributed by atoms with Gasteiger partial charge in [-0.1, -0.05) is 11.2 Å². The van der Waals surface area contributed by atoms with Crippen molar-refractivity contribution in [2.75, 3.05) is 11.4 Å². The summed E-state index contributed by atoms with van der Waals surface area (Å²) in [5.41, 5.74) is 0.764. The van der Waals surface area contributed by atoms with E-state index < -0.39 is 0 Å². The van der Waals surface area contributed by atoms with Crippen LogP contribution in [0.3, 0.4) is 0 Å². The van der Waals surface area contributed by atoms with E-state index in [2.05, 4.69) is 20.3 Å². The molecule has 0 spiro atoms. The largest absolute Gasteiger partial charge is 0.339 e. The molecule has 1 fully saturated rings. The number of hydrogen-bond acceptors (Lipinski definition) is 6. The number of amides is 1. The minimum atomic E-state index is -0.0754. The zero-order chi connectivity index (χ0) is 14.2. The summed E-state index contributed by atoms with van der Waals surface area (Å²) >= 11 is 1.56. The van der Waals surface area contributed by atoms with E-state index in [1.165, 1.54) is 0 Å². The number of aromatic nitrogens is 4. The van der Waals surface area contributed by atoms with E-state index in [0.717, 1.165) is 10.6 Å². The Morgan fingerprint density at radius 2 is 2.43 bits per heavy atom. The molecule has 106 valence electrons. The van der Waals surface area contributed by atoms with Gasteiger partial charge in [-0.25, -0.2) is 0 Å². The Labute approximate surface area is 123 Å². The SMILES string of the molecule is O=C1CC(c2nc(-c3cccs3)no2)CN1c1cn[nH]c1. The van der Waals surface area contributed by atoms with E-state index in [0.29, 0.717) is 24.7 Å². The van der Waals surface area contributed by atoms with Crippen molar-refractivity contribution in [3.63, 3.8) is 0 Å². The molecule has 1 saturated heterocycles. The van der Waals surface area contributed by atoms with Crippen molar-refractivity contribution in [2.24, 2.45) is 0 Å². The average molecular weight is 301 g/mol. The Hall–Kier alpha value is -2.48. The van der Waals surface area contributed by atoms with Crippen molar-refractivity contribution in [1.82, 2.24) is 20.3 Å². The molecule has 0 aromatic carbocycles. The second-order valence-electron chi connectivity index (χ2n) is 4.80. The molecule has 3 aromatic heterocycles. The van der Waals surface area contributed by atoms with Gasteiger partial charge in [0.15, 0.2) is 0 Å². The summed E-state index contributed by atoms with van der Waals surface area (Å²) in [7, 11) is 0. The summed E-state index contributed by atoms with van der Waals surface area (Å²) in [5, 5.41) is 12.5. The van der Waals surface area contributed by atoms with Crippen LogP contribution in [0.5, 0.6) is 0 Å². The molecule has 1 aliphatic heterocycles. The predicted octanol–water partition coefficient (Wildman–Crippen LogP) is 2.04. The fourth-order valence-corrected chi connectivity index (χ4v) is 3.07. The molecule has 8 heteroatoms. The fourth-order valence-electron chi connectivity index (χ4n) is 2.42. The number of hydrogen-bond donors (Lipinski definition) is 1. The minimum Gasteiger partial charge on any atom is -0.339 e. The molecule has 1 atom stereocenters. The van der Waals surface area contributed by atoms with Gasteiger partial charge in [0.2, 0.25) is 17.6 Å². The first-order valence-electron chi connectivity index (χ1n) is 6.48. The number of nitrogens with zero attached hydrogens (tertiary/aromatic N) is 4. The van der Waals surface area contributed by atoms with Crippen molar-refractivity contribution < 1.29 is 9.32 Å². The van der Waals surface area contributed by atoms with Gasteiger partial charge in [-0.3, -0.25) is 9.89 Å². The zero-order valence-electron chi connectivity index (χ0n) is 10.9. The number of H-pyrrole nitrogens is 1. The molecule has 0 radical (unpaired) electrons. The van der Waals surface area contributed by atoms with Gasteiger partial charge in [-0.2, -0.15) is 10.1 Å². The number of thiophene rings is 1. The van der Waals surface area contributed by atoms with Crippen LogP contribution in [-0.4, -0.2) is 32.8 Å². The van der Waals surface area contributed by atoms with E-state index in [9.17, 15) is 4.79 Å². The highest BCUT2D eigenvalue weighted by Gasteiger charge is 2.35. The van der Waals surface area contributed by atoms with Gasteiger partial charge in [-0.15, -0.1) is 11.3 Å². The number of anilines is 1. The van der Waals surface area contributed by atoms with Crippen LogP contribution in [0.25, 0.3) is 10.7 Å². The number of carbonyl (C=O) groups excluding carboxylic acids is 1. The molecular formula is C13H11N5O2S. The highest BCUT2D eigenvalue weighted by molar-refractivity contribution is 7.13. The van der Waals surface area contributed by atoms with Gasteiger partial charge in [0.05, 0.1) is 22.7 Å². The second-order valence-corrected chi connectivity index (χ2v) is 5.74. The van der Waals surface area contributed by atoms with Crippen LogP contribution in [0.2, 0.25) is 0 Å². The zero-order valence-corrected chi connectivity index (χ0v) is 11.7. The third-order valence-corrected chi connectivity index (χ3v) is 4.32. The summed E-state index contributed by atoms with van der Waals surface area (Å²) < 4.78 is 5.33. The topological polar surface area (TPSA) is 87.9 Å². The fraction of sp³-hybridized carbons (Fsp3) is 0.231. The number of aromatic amines is 1. The Morgan fingerprint density at radius 1 is 1.48 bits per heavy atom. The molecule has 4 rings (SSSR count). The quantitative estimate of drug-likeness (QED) is 0.799. The molecule has 4 heterocycles.